The maximum Gasteiger partial charge on any atom is 0.297 e. The van der Waals surface area contributed by atoms with Gasteiger partial charge in [-0.05, 0) is 31.0 Å². The number of oxazole rings is 1. The summed E-state index contributed by atoms with van der Waals surface area (Å²) in [5.41, 5.74) is 0.115. The number of pyridine rings is 1. The fourth-order valence-corrected chi connectivity index (χ4v) is 2.65. The van der Waals surface area contributed by atoms with E-state index in [1.54, 1.807) is 6.07 Å². The summed E-state index contributed by atoms with van der Waals surface area (Å²) < 4.78 is 31.9. The lowest BCUT2D eigenvalue weighted by atomic mass is 10.2. The SMILES string of the molecule is CN(C(=O)c1oc(C2CC2)nc1C(F)F)c1ccc2ccccc2n1. The average molecular weight is 343 g/mol. The van der Waals surface area contributed by atoms with Crippen molar-refractivity contribution in [3.63, 3.8) is 0 Å². The molecule has 0 aliphatic heterocycles. The van der Waals surface area contributed by atoms with Gasteiger partial charge in [0, 0.05) is 18.4 Å². The summed E-state index contributed by atoms with van der Waals surface area (Å²) in [7, 11) is 1.48. The van der Waals surface area contributed by atoms with Crippen molar-refractivity contribution in [3.8, 4) is 0 Å². The minimum absolute atomic E-state index is 0.0446. The monoisotopic (exact) mass is 343 g/mol. The molecule has 25 heavy (non-hydrogen) atoms. The van der Waals surface area contributed by atoms with Gasteiger partial charge >= 0.3 is 0 Å². The number of hydrogen-bond donors (Lipinski definition) is 0. The minimum atomic E-state index is -2.87. The van der Waals surface area contributed by atoms with E-state index in [4.69, 9.17) is 4.42 Å². The average Bonchev–Trinajstić information content (AvgIpc) is 3.38. The molecule has 7 heteroatoms. The van der Waals surface area contributed by atoms with Gasteiger partial charge in [-0.25, -0.2) is 18.7 Å². The van der Waals surface area contributed by atoms with E-state index < -0.39 is 23.8 Å². The molecule has 1 aromatic carbocycles. The first-order chi connectivity index (χ1) is 12.0. The third-order valence-corrected chi connectivity index (χ3v) is 4.23. The van der Waals surface area contributed by atoms with E-state index in [-0.39, 0.29) is 11.8 Å². The number of carbonyl (C=O) groups excluding carboxylic acids is 1. The van der Waals surface area contributed by atoms with Gasteiger partial charge in [0.1, 0.15) is 5.82 Å². The molecule has 1 amide bonds. The van der Waals surface area contributed by atoms with Crippen molar-refractivity contribution in [2.75, 3.05) is 11.9 Å². The Balaban J connectivity index is 1.69. The number of para-hydroxylation sites is 1. The van der Waals surface area contributed by atoms with E-state index in [0.717, 1.165) is 18.2 Å². The van der Waals surface area contributed by atoms with Crippen molar-refractivity contribution in [1.82, 2.24) is 9.97 Å². The molecule has 4 rings (SSSR count). The molecule has 0 atom stereocenters. The Hall–Kier alpha value is -2.83. The smallest absolute Gasteiger partial charge is 0.297 e. The highest BCUT2D eigenvalue weighted by atomic mass is 19.3. The topological polar surface area (TPSA) is 59.2 Å². The molecule has 3 aromatic rings. The highest BCUT2D eigenvalue weighted by molar-refractivity contribution is 6.04. The lowest BCUT2D eigenvalue weighted by Crippen LogP contribution is -2.27. The van der Waals surface area contributed by atoms with E-state index in [1.165, 1.54) is 11.9 Å². The fraction of sp³-hybridized carbons (Fsp3) is 0.278. The molecule has 0 radical (unpaired) electrons. The number of hydrogen-bond acceptors (Lipinski definition) is 4. The van der Waals surface area contributed by atoms with Crippen LogP contribution in [0.15, 0.2) is 40.8 Å². The predicted molar refractivity (Wildman–Crippen MR) is 87.9 cm³/mol. The molecule has 0 spiro atoms. The zero-order valence-corrected chi connectivity index (χ0v) is 13.4. The molecule has 1 fully saturated rings. The molecular formula is C18H15F2N3O2. The van der Waals surface area contributed by atoms with Crippen LogP contribution in [-0.4, -0.2) is 22.9 Å². The number of fused-ring (bicyclic) bond motifs is 1. The number of halogens is 2. The predicted octanol–water partition coefficient (Wildman–Crippen LogP) is 4.31. The molecule has 128 valence electrons. The number of anilines is 1. The summed E-state index contributed by atoms with van der Waals surface area (Å²) >= 11 is 0. The molecule has 1 saturated carbocycles. The van der Waals surface area contributed by atoms with Crippen LogP contribution < -0.4 is 4.90 Å². The largest absolute Gasteiger partial charge is 0.435 e. The van der Waals surface area contributed by atoms with Crippen molar-refractivity contribution in [3.05, 3.63) is 53.7 Å². The summed E-state index contributed by atoms with van der Waals surface area (Å²) in [6.07, 6.45) is -1.18. The van der Waals surface area contributed by atoms with Crippen molar-refractivity contribution in [1.29, 1.82) is 0 Å². The highest BCUT2D eigenvalue weighted by Gasteiger charge is 2.35. The molecule has 2 aromatic heterocycles. The third kappa shape index (κ3) is 2.86. The number of benzene rings is 1. The first kappa shape index (κ1) is 15.7. The second kappa shape index (κ2) is 5.91. The van der Waals surface area contributed by atoms with Crippen LogP contribution in [0.4, 0.5) is 14.6 Å². The number of amides is 1. The summed E-state index contributed by atoms with van der Waals surface area (Å²) in [4.78, 5) is 22.1. The van der Waals surface area contributed by atoms with Crippen molar-refractivity contribution < 1.29 is 18.0 Å². The van der Waals surface area contributed by atoms with Gasteiger partial charge in [-0.1, -0.05) is 18.2 Å². The Bertz CT molecular complexity index is 950. The number of alkyl halides is 2. The van der Waals surface area contributed by atoms with Gasteiger partial charge < -0.3 is 4.42 Å². The van der Waals surface area contributed by atoms with Crippen molar-refractivity contribution in [2.45, 2.75) is 25.2 Å². The first-order valence-corrected chi connectivity index (χ1v) is 7.97. The van der Waals surface area contributed by atoms with E-state index in [0.29, 0.717) is 11.3 Å². The molecule has 0 N–H and O–H groups in total. The third-order valence-electron chi connectivity index (χ3n) is 4.23. The zero-order chi connectivity index (χ0) is 17.6. The molecule has 1 aliphatic carbocycles. The van der Waals surface area contributed by atoms with Gasteiger partial charge in [0.15, 0.2) is 11.6 Å². The van der Waals surface area contributed by atoms with Crippen LogP contribution in [0.5, 0.6) is 0 Å². The normalized spacial score (nSPS) is 14.2. The Morgan fingerprint density at radius 2 is 1.96 bits per heavy atom. The number of nitrogens with zero attached hydrogens (tertiary/aromatic N) is 3. The summed E-state index contributed by atoms with van der Waals surface area (Å²) in [6.45, 7) is 0. The maximum absolute atomic E-state index is 13.3. The number of carbonyl (C=O) groups is 1. The van der Waals surface area contributed by atoms with Gasteiger partial charge in [0.2, 0.25) is 5.76 Å². The second-order valence-corrected chi connectivity index (χ2v) is 6.07. The Kier molecular flexibility index (Phi) is 3.71. The fourth-order valence-electron chi connectivity index (χ4n) is 2.65. The summed E-state index contributed by atoms with van der Waals surface area (Å²) in [6, 6.07) is 10.9. The van der Waals surface area contributed by atoms with Gasteiger partial charge in [0.05, 0.1) is 5.52 Å². The van der Waals surface area contributed by atoms with Gasteiger partial charge in [-0.3, -0.25) is 9.69 Å². The highest BCUT2D eigenvalue weighted by Crippen LogP contribution is 2.41. The molecule has 2 heterocycles. The molecule has 1 aliphatic rings. The Labute approximate surface area is 142 Å². The molecule has 0 unspecified atom stereocenters. The quantitative estimate of drug-likeness (QED) is 0.708. The lowest BCUT2D eigenvalue weighted by Gasteiger charge is -2.15. The number of aromatic nitrogens is 2. The second-order valence-electron chi connectivity index (χ2n) is 6.07. The first-order valence-electron chi connectivity index (χ1n) is 7.97. The molecule has 0 saturated heterocycles. The number of rotatable bonds is 4. The van der Waals surface area contributed by atoms with E-state index >= 15 is 0 Å². The van der Waals surface area contributed by atoms with Crippen LogP contribution in [0.3, 0.4) is 0 Å². The van der Waals surface area contributed by atoms with Crippen LogP contribution in [0.25, 0.3) is 10.9 Å². The standard InChI is InChI=1S/C18H15F2N3O2/c1-23(13-9-8-10-4-2-3-5-12(10)21-13)18(24)15-14(16(19)20)22-17(25-15)11-6-7-11/h2-5,8-9,11,16H,6-7H2,1H3. The molecule has 0 bridgehead atoms. The lowest BCUT2D eigenvalue weighted by molar-refractivity contribution is 0.0945. The maximum atomic E-state index is 13.3. The summed E-state index contributed by atoms with van der Waals surface area (Å²) in [5, 5.41) is 0.927. The van der Waals surface area contributed by atoms with E-state index in [2.05, 4.69) is 9.97 Å². The van der Waals surface area contributed by atoms with Crippen LogP contribution in [0.2, 0.25) is 0 Å². The van der Waals surface area contributed by atoms with Crippen molar-refractivity contribution in [2.24, 2.45) is 0 Å². The molecule has 5 nitrogen and oxygen atoms in total. The summed E-state index contributed by atoms with van der Waals surface area (Å²) in [5.74, 6) is -0.471. The van der Waals surface area contributed by atoms with Crippen LogP contribution in [-0.2, 0) is 0 Å². The van der Waals surface area contributed by atoms with E-state index in [1.807, 2.05) is 30.3 Å². The molecular weight excluding hydrogens is 328 g/mol. The van der Waals surface area contributed by atoms with Crippen LogP contribution in [0.1, 0.15) is 47.3 Å². The Morgan fingerprint density at radius 1 is 1.20 bits per heavy atom. The van der Waals surface area contributed by atoms with E-state index in [9.17, 15) is 13.6 Å². The van der Waals surface area contributed by atoms with Gasteiger partial charge in [-0.2, -0.15) is 0 Å². The zero-order valence-electron chi connectivity index (χ0n) is 13.4. The van der Waals surface area contributed by atoms with Gasteiger partial charge in [0.25, 0.3) is 12.3 Å². The Morgan fingerprint density at radius 3 is 2.68 bits per heavy atom. The van der Waals surface area contributed by atoms with Crippen LogP contribution in [0, 0.1) is 0 Å². The van der Waals surface area contributed by atoms with Crippen molar-refractivity contribution >= 4 is 22.6 Å². The van der Waals surface area contributed by atoms with Crippen LogP contribution >= 0.6 is 0 Å². The minimum Gasteiger partial charge on any atom is -0.435 e. The van der Waals surface area contributed by atoms with Gasteiger partial charge in [-0.15, -0.1) is 0 Å².